The molecular weight excluding hydrogens is 641 g/mol. The second-order valence-electron chi connectivity index (χ2n) is 15.3. The zero-order valence-electron chi connectivity index (χ0n) is 29.6. The molecule has 1 aliphatic rings. The summed E-state index contributed by atoms with van der Waals surface area (Å²) in [6, 6.07) is 63.1. The van der Waals surface area contributed by atoms with E-state index in [9.17, 15) is 0 Å². The van der Waals surface area contributed by atoms with E-state index in [1.165, 1.54) is 110 Å². The Hall–Kier alpha value is -6.64. The molecule has 0 saturated carbocycles. The van der Waals surface area contributed by atoms with Crippen molar-refractivity contribution in [3.63, 3.8) is 0 Å². The van der Waals surface area contributed by atoms with Gasteiger partial charge in [-0.3, -0.25) is 0 Å². The molecule has 53 heavy (non-hydrogen) atoms. The summed E-state index contributed by atoms with van der Waals surface area (Å²) >= 11 is 0. The molecule has 0 N–H and O–H groups in total. The number of hydrogen-bond acceptors (Lipinski definition) is 0. The molecule has 248 valence electrons. The average Bonchev–Trinajstić information content (AvgIpc) is 3.81. The van der Waals surface area contributed by atoms with Gasteiger partial charge in [0.1, 0.15) is 0 Å². The van der Waals surface area contributed by atoms with E-state index in [4.69, 9.17) is 0 Å². The van der Waals surface area contributed by atoms with Crippen LogP contribution in [-0.4, -0.2) is 9.13 Å². The maximum absolute atomic E-state index is 2.53. The number of aromatic nitrogens is 2. The van der Waals surface area contributed by atoms with Gasteiger partial charge in [-0.25, -0.2) is 0 Å². The van der Waals surface area contributed by atoms with Gasteiger partial charge in [0.05, 0.1) is 22.1 Å². The van der Waals surface area contributed by atoms with Crippen molar-refractivity contribution in [2.75, 3.05) is 0 Å². The summed E-state index contributed by atoms with van der Waals surface area (Å²) in [4.78, 5) is 0. The SMILES string of the molecule is CC1(C)c2cccc3c4cccc5c4c4c6c7c(c1ccc7n(-c1cccc(-c7cccc(-c8ccccc8)c7)c1)c6ccc4n5-c1ccccc1)c23. The minimum Gasteiger partial charge on any atom is -0.309 e. The lowest BCUT2D eigenvalue weighted by Gasteiger charge is -2.22. The molecule has 0 unspecified atom stereocenters. The van der Waals surface area contributed by atoms with Crippen LogP contribution in [0.4, 0.5) is 0 Å². The number of nitrogens with zero attached hydrogens (tertiary/aromatic N) is 2. The van der Waals surface area contributed by atoms with Crippen LogP contribution in [0.3, 0.4) is 0 Å². The van der Waals surface area contributed by atoms with E-state index in [0.717, 1.165) is 0 Å². The molecule has 0 fully saturated rings. The van der Waals surface area contributed by atoms with Crippen LogP contribution >= 0.6 is 0 Å². The lowest BCUT2D eigenvalue weighted by Crippen LogP contribution is -2.15. The highest BCUT2D eigenvalue weighted by Crippen LogP contribution is 2.54. The second-order valence-corrected chi connectivity index (χ2v) is 15.3. The minimum absolute atomic E-state index is 0.118. The van der Waals surface area contributed by atoms with E-state index in [0.29, 0.717) is 0 Å². The topological polar surface area (TPSA) is 9.86 Å². The first-order chi connectivity index (χ1) is 26.1. The second kappa shape index (κ2) is 10.2. The minimum atomic E-state index is -0.118. The quantitative estimate of drug-likeness (QED) is 0.176. The Morgan fingerprint density at radius 3 is 1.55 bits per heavy atom. The Labute approximate surface area is 307 Å². The van der Waals surface area contributed by atoms with Gasteiger partial charge in [-0.1, -0.05) is 129 Å². The molecule has 0 bridgehead atoms. The number of para-hydroxylation sites is 1. The molecule has 0 atom stereocenters. The van der Waals surface area contributed by atoms with Crippen LogP contribution < -0.4 is 0 Å². The van der Waals surface area contributed by atoms with Gasteiger partial charge in [0, 0.05) is 38.3 Å². The van der Waals surface area contributed by atoms with E-state index in [-0.39, 0.29) is 5.41 Å². The van der Waals surface area contributed by atoms with Crippen LogP contribution in [-0.2, 0) is 5.41 Å². The van der Waals surface area contributed by atoms with Crippen molar-refractivity contribution in [2.45, 2.75) is 19.3 Å². The molecule has 0 saturated heterocycles. The van der Waals surface area contributed by atoms with Gasteiger partial charge in [0.2, 0.25) is 0 Å². The van der Waals surface area contributed by atoms with Crippen LogP contribution in [0.1, 0.15) is 25.0 Å². The monoisotopic (exact) mass is 674 g/mol. The lowest BCUT2D eigenvalue weighted by molar-refractivity contribution is 0.663. The van der Waals surface area contributed by atoms with Crippen molar-refractivity contribution >= 4 is 65.2 Å². The summed E-state index contributed by atoms with van der Waals surface area (Å²) in [5, 5.41) is 10.8. The van der Waals surface area contributed by atoms with Gasteiger partial charge < -0.3 is 9.13 Å². The smallest absolute Gasteiger partial charge is 0.0549 e. The molecule has 9 aromatic carbocycles. The van der Waals surface area contributed by atoms with Gasteiger partial charge in [0.15, 0.2) is 0 Å². The van der Waals surface area contributed by atoms with E-state index >= 15 is 0 Å². The standard InChI is InChI=1S/C51H34N2/c1-51(2)39-23-11-21-37-38-22-12-24-41-46(38)48-43(52(41)35-18-7-4-8-19-35)27-28-44-50(48)49-42(26-25-40(51)47(49)45(37)39)53(44)36-20-10-17-34(30-36)33-16-9-15-32(29-33)31-13-5-3-6-14-31/h3-30H,1-2H3. The lowest BCUT2D eigenvalue weighted by atomic mass is 9.81. The van der Waals surface area contributed by atoms with Crippen molar-refractivity contribution < 1.29 is 0 Å². The molecule has 0 spiro atoms. The van der Waals surface area contributed by atoms with Crippen LogP contribution in [0.2, 0.25) is 0 Å². The number of benzene rings is 8. The molecule has 11 aromatic rings. The molecule has 0 aliphatic heterocycles. The molecule has 2 aromatic heterocycles. The first-order valence-electron chi connectivity index (χ1n) is 18.6. The average molecular weight is 675 g/mol. The van der Waals surface area contributed by atoms with Gasteiger partial charge in [-0.15, -0.1) is 0 Å². The molecule has 2 nitrogen and oxygen atoms in total. The maximum atomic E-state index is 2.53. The van der Waals surface area contributed by atoms with Crippen LogP contribution in [0.25, 0.3) is 98.8 Å². The molecule has 12 rings (SSSR count). The Morgan fingerprint density at radius 2 is 0.792 bits per heavy atom. The van der Waals surface area contributed by atoms with Crippen molar-refractivity contribution in [3.8, 4) is 33.6 Å². The molecule has 0 amide bonds. The van der Waals surface area contributed by atoms with E-state index < -0.39 is 0 Å². The summed E-state index contributed by atoms with van der Waals surface area (Å²) in [5.41, 5.74) is 14.9. The summed E-state index contributed by atoms with van der Waals surface area (Å²) < 4.78 is 5.01. The summed E-state index contributed by atoms with van der Waals surface area (Å²) in [7, 11) is 0. The fourth-order valence-electron chi connectivity index (χ4n) is 9.92. The Bertz CT molecular complexity index is 3290. The van der Waals surface area contributed by atoms with E-state index in [1.54, 1.807) is 0 Å². The Balaban J connectivity index is 1.25. The van der Waals surface area contributed by atoms with Crippen molar-refractivity contribution in [2.24, 2.45) is 0 Å². The fourth-order valence-corrected chi connectivity index (χ4v) is 9.92. The Kier molecular flexibility index (Phi) is 5.60. The van der Waals surface area contributed by atoms with Gasteiger partial charge in [0.25, 0.3) is 0 Å². The summed E-state index contributed by atoms with van der Waals surface area (Å²) in [6.45, 7) is 4.81. The predicted octanol–water partition coefficient (Wildman–Crippen LogP) is 13.6. The van der Waals surface area contributed by atoms with Crippen molar-refractivity contribution in [1.82, 2.24) is 9.13 Å². The van der Waals surface area contributed by atoms with E-state index in [1.807, 2.05) is 0 Å². The van der Waals surface area contributed by atoms with Crippen LogP contribution in [0.15, 0.2) is 170 Å². The number of hydrogen-bond donors (Lipinski definition) is 0. The third-order valence-corrected chi connectivity index (χ3v) is 12.2. The molecular formula is C51H34N2. The summed E-state index contributed by atoms with van der Waals surface area (Å²) in [6.07, 6.45) is 0. The van der Waals surface area contributed by atoms with Crippen molar-refractivity contribution in [1.29, 1.82) is 0 Å². The zero-order chi connectivity index (χ0) is 35.0. The molecule has 2 heterocycles. The highest BCUT2D eigenvalue weighted by Gasteiger charge is 2.36. The number of rotatable bonds is 4. The third kappa shape index (κ3) is 3.72. The normalized spacial score (nSPS) is 13.6. The first-order valence-corrected chi connectivity index (χ1v) is 18.6. The van der Waals surface area contributed by atoms with Crippen LogP contribution in [0.5, 0.6) is 0 Å². The van der Waals surface area contributed by atoms with Crippen LogP contribution in [0, 0.1) is 0 Å². The highest BCUT2D eigenvalue weighted by molar-refractivity contribution is 6.40. The summed E-state index contributed by atoms with van der Waals surface area (Å²) in [5.74, 6) is 0. The molecule has 1 aliphatic carbocycles. The first kappa shape index (κ1) is 29.0. The molecule has 0 radical (unpaired) electrons. The molecule has 2 heteroatoms. The Morgan fingerprint density at radius 1 is 0.321 bits per heavy atom. The van der Waals surface area contributed by atoms with Crippen molar-refractivity contribution in [3.05, 3.63) is 181 Å². The maximum Gasteiger partial charge on any atom is 0.0549 e. The third-order valence-electron chi connectivity index (χ3n) is 12.2. The van der Waals surface area contributed by atoms with Gasteiger partial charge in [-0.05, 0) is 110 Å². The van der Waals surface area contributed by atoms with Gasteiger partial charge in [-0.2, -0.15) is 0 Å². The largest absolute Gasteiger partial charge is 0.309 e. The van der Waals surface area contributed by atoms with Gasteiger partial charge >= 0.3 is 0 Å². The zero-order valence-corrected chi connectivity index (χ0v) is 29.6. The fraction of sp³-hybridized carbons (Fsp3) is 0.0588. The predicted molar refractivity (Wildman–Crippen MR) is 224 cm³/mol. The van der Waals surface area contributed by atoms with E-state index in [2.05, 4.69) is 193 Å². The highest BCUT2D eigenvalue weighted by atomic mass is 15.0. The number of fused-ring (bicyclic) bond motifs is 1.